The summed E-state index contributed by atoms with van der Waals surface area (Å²) in [5.74, 6) is 0.0150. The molecule has 1 aliphatic rings. The second-order valence-corrected chi connectivity index (χ2v) is 5.48. The Balaban J connectivity index is 2.50. The fourth-order valence-electron chi connectivity index (χ4n) is 2.22. The molecule has 0 fully saturated rings. The summed E-state index contributed by atoms with van der Waals surface area (Å²) in [6.45, 7) is 7.95. The van der Waals surface area contributed by atoms with Gasteiger partial charge in [0.05, 0.1) is 17.8 Å². The number of hydrogen-bond donors (Lipinski definition) is 2. The van der Waals surface area contributed by atoms with Crippen molar-refractivity contribution >= 4 is 11.9 Å². The van der Waals surface area contributed by atoms with Gasteiger partial charge >= 0.3 is 5.97 Å². The average molecular weight is 237 g/mol. The van der Waals surface area contributed by atoms with E-state index in [0.29, 0.717) is 0 Å². The molecule has 1 aliphatic heterocycles. The molecule has 2 heterocycles. The largest absolute Gasteiger partial charge is 0.481 e. The number of aromatic nitrogens is 2. The van der Waals surface area contributed by atoms with Crippen LogP contribution in [-0.2, 0) is 23.2 Å². The van der Waals surface area contributed by atoms with Gasteiger partial charge in [0.15, 0.2) is 0 Å². The van der Waals surface area contributed by atoms with E-state index in [2.05, 4.69) is 31.1 Å². The van der Waals surface area contributed by atoms with Gasteiger partial charge < -0.3 is 15.0 Å². The molecule has 1 aromatic heterocycles. The lowest BCUT2D eigenvalue weighted by Gasteiger charge is -2.19. The first kappa shape index (κ1) is 12.0. The number of hydrogen-bond acceptors (Lipinski definition) is 3. The van der Waals surface area contributed by atoms with Gasteiger partial charge in [-0.25, -0.2) is 4.98 Å². The Morgan fingerprint density at radius 2 is 2.24 bits per heavy atom. The van der Waals surface area contributed by atoms with Crippen LogP contribution < -0.4 is 5.32 Å². The highest BCUT2D eigenvalue weighted by Crippen LogP contribution is 2.29. The van der Waals surface area contributed by atoms with Crippen LogP contribution in [0.15, 0.2) is 0 Å². The van der Waals surface area contributed by atoms with E-state index in [4.69, 9.17) is 5.11 Å². The molecule has 17 heavy (non-hydrogen) atoms. The first-order valence-corrected chi connectivity index (χ1v) is 5.95. The van der Waals surface area contributed by atoms with Crippen LogP contribution in [0.5, 0.6) is 0 Å². The highest BCUT2D eigenvalue weighted by molar-refractivity contribution is 5.70. The molecule has 0 saturated carbocycles. The lowest BCUT2D eigenvalue weighted by Crippen LogP contribution is -2.21. The second kappa shape index (κ2) is 4.05. The fraction of sp³-hybridized carbons (Fsp3) is 0.667. The smallest absolute Gasteiger partial charge is 0.309 e. The Hall–Kier alpha value is -1.52. The molecule has 2 N–H and O–H groups in total. The van der Waals surface area contributed by atoms with Gasteiger partial charge in [-0.3, -0.25) is 4.79 Å². The minimum Gasteiger partial charge on any atom is -0.481 e. The highest BCUT2D eigenvalue weighted by atomic mass is 16.4. The van der Waals surface area contributed by atoms with Crippen molar-refractivity contribution in [2.75, 3.05) is 11.9 Å². The van der Waals surface area contributed by atoms with Gasteiger partial charge in [0, 0.05) is 18.5 Å². The van der Waals surface area contributed by atoms with Crippen molar-refractivity contribution < 1.29 is 9.90 Å². The topological polar surface area (TPSA) is 67.2 Å². The summed E-state index contributed by atoms with van der Waals surface area (Å²) in [7, 11) is 0. The maximum absolute atomic E-state index is 11.0. The summed E-state index contributed by atoms with van der Waals surface area (Å²) in [6.07, 6.45) is 1.06. The average Bonchev–Trinajstić information content (AvgIpc) is 2.56. The predicted octanol–water partition coefficient (Wildman–Crippen LogP) is 1.62. The van der Waals surface area contributed by atoms with Gasteiger partial charge in [0.25, 0.3) is 0 Å². The van der Waals surface area contributed by atoms with E-state index in [1.165, 1.54) is 0 Å². The number of nitrogens with zero attached hydrogens (tertiary/aromatic N) is 2. The van der Waals surface area contributed by atoms with Crippen LogP contribution in [0.3, 0.4) is 0 Å². The molecule has 5 heteroatoms. The normalized spacial score (nSPS) is 15.2. The van der Waals surface area contributed by atoms with E-state index < -0.39 is 5.97 Å². The Morgan fingerprint density at radius 3 is 2.82 bits per heavy atom. The third-order valence-corrected chi connectivity index (χ3v) is 2.94. The first-order chi connectivity index (χ1) is 7.89. The molecule has 1 aromatic rings. The lowest BCUT2D eigenvalue weighted by molar-refractivity contribution is -0.136. The van der Waals surface area contributed by atoms with Crippen LogP contribution >= 0.6 is 0 Å². The zero-order chi connectivity index (χ0) is 12.6. The summed E-state index contributed by atoms with van der Waals surface area (Å²) >= 11 is 0. The molecule has 0 aromatic carbocycles. The van der Waals surface area contributed by atoms with Crippen LogP contribution in [0.1, 0.15) is 38.6 Å². The number of carbonyl (C=O) groups is 1. The van der Waals surface area contributed by atoms with Crippen molar-refractivity contribution in [3.8, 4) is 0 Å². The minimum absolute atomic E-state index is 0.0429. The summed E-state index contributed by atoms with van der Waals surface area (Å²) < 4.78 is 2.01. The van der Waals surface area contributed by atoms with Gasteiger partial charge in [0.2, 0.25) is 5.95 Å². The van der Waals surface area contributed by atoms with E-state index in [-0.39, 0.29) is 11.8 Å². The lowest BCUT2D eigenvalue weighted by atomic mass is 9.90. The number of rotatable bonds is 2. The third kappa shape index (κ3) is 2.28. The third-order valence-electron chi connectivity index (χ3n) is 2.94. The molecule has 0 atom stereocenters. The molecule has 94 valence electrons. The van der Waals surface area contributed by atoms with Crippen molar-refractivity contribution in [2.45, 2.75) is 45.6 Å². The van der Waals surface area contributed by atoms with Crippen LogP contribution in [0.25, 0.3) is 0 Å². The molecule has 0 spiro atoms. The molecule has 0 saturated heterocycles. The number of nitrogens with one attached hydrogen (secondary N) is 1. The van der Waals surface area contributed by atoms with Gasteiger partial charge in [-0.15, -0.1) is 0 Å². The van der Waals surface area contributed by atoms with Crippen LogP contribution in [0.2, 0.25) is 0 Å². The van der Waals surface area contributed by atoms with Gasteiger partial charge in [-0.05, 0) is 6.42 Å². The second-order valence-electron chi connectivity index (χ2n) is 5.48. The Labute approximate surface area is 101 Å². The number of aliphatic carboxylic acids is 1. The number of carboxylic acids is 1. The summed E-state index contributed by atoms with van der Waals surface area (Å²) in [5.41, 5.74) is 1.60. The molecule has 0 bridgehead atoms. The molecule has 2 rings (SSSR count). The Bertz CT molecular complexity index is 443. The maximum Gasteiger partial charge on any atom is 0.309 e. The van der Waals surface area contributed by atoms with E-state index in [1.807, 2.05) is 4.57 Å². The Morgan fingerprint density at radius 1 is 1.53 bits per heavy atom. The predicted molar refractivity (Wildman–Crippen MR) is 65.4 cm³/mol. The SMILES string of the molecule is CC(C)(C)c1nc2n(c1CC(=O)O)CCCN2. The molecule has 0 aliphatic carbocycles. The molecular formula is C12H19N3O2. The van der Waals surface area contributed by atoms with Crippen molar-refractivity contribution in [1.82, 2.24) is 9.55 Å². The summed E-state index contributed by atoms with van der Waals surface area (Å²) in [5, 5.41) is 12.2. The minimum atomic E-state index is -0.802. The van der Waals surface area contributed by atoms with Crippen molar-refractivity contribution in [3.05, 3.63) is 11.4 Å². The van der Waals surface area contributed by atoms with E-state index in [1.54, 1.807) is 0 Å². The molecule has 5 nitrogen and oxygen atoms in total. The molecule has 0 unspecified atom stereocenters. The quantitative estimate of drug-likeness (QED) is 0.820. The summed E-state index contributed by atoms with van der Waals surface area (Å²) in [6, 6.07) is 0. The maximum atomic E-state index is 11.0. The van der Waals surface area contributed by atoms with Gasteiger partial charge in [-0.2, -0.15) is 0 Å². The van der Waals surface area contributed by atoms with Crippen LogP contribution in [0.4, 0.5) is 5.95 Å². The Kier molecular flexibility index (Phi) is 2.85. The number of fused-ring (bicyclic) bond motifs is 1. The first-order valence-electron chi connectivity index (χ1n) is 5.95. The molecule has 0 amide bonds. The zero-order valence-corrected chi connectivity index (χ0v) is 10.6. The van der Waals surface area contributed by atoms with E-state index in [0.717, 1.165) is 36.8 Å². The standard InChI is InChI=1S/C12H19N3O2/c1-12(2,3)10-8(7-9(16)17)15-6-4-5-13-11(15)14-10/h4-7H2,1-3H3,(H,13,14)(H,16,17). The monoisotopic (exact) mass is 237 g/mol. The van der Waals surface area contributed by atoms with Gasteiger partial charge in [-0.1, -0.05) is 20.8 Å². The van der Waals surface area contributed by atoms with Crippen molar-refractivity contribution in [2.24, 2.45) is 0 Å². The van der Waals surface area contributed by atoms with Crippen molar-refractivity contribution in [3.63, 3.8) is 0 Å². The van der Waals surface area contributed by atoms with Crippen LogP contribution in [0, 0.1) is 0 Å². The molecule has 0 radical (unpaired) electrons. The highest BCUT2D eigenvalue weighted by Gasteiger charge is 2.28. The van der Waals surface area contributed by atoms with E-state index in [9.17, 15) is 4.79 Å². The number of imidazole rings is 1. The van der Waals surface area contributed by atoms with Gasteiger partial charge in [0.1, 0.15) is 0 Å². The number of anilines is 1. The fourth-order valence-corrected chi connectivity index (χ4v) is 2.22. The molecular weight excluding hydrogens is 218 g/mol. The van der Waals surface area contributed by atoms with Crippen molar-refractivity contribution in [1.29, 1.82) is 0 Å². The zero-order valence-electron chi connectivity index (χ0n) is 10.6. The number of carboxylic acid groups (broad SMARTS) is 1. The van der Waals surface area contributed by atoms with Crippen LogP contribution in [-0.4, -0.2) is 27.2 Å². The summed E-state index contributed by atoms with van der Waals surface area (Å²) in [4.78, 5) is 15.5. The van der Waals surface area contributed by atoms with E-state index >= 15 is 0 Å².